The Morgan fingerprint density at radius 2 is 2.24 bits per heavy atom. The maximum absolute atomic E-state index is 8.68. The van der Waals surface area contributed by atoms with Crippen LogP contribution in [-0.4, -0.2) is 15.6 Å². The topological polar surface area (TPSA) is 63.5 Å². The number of hydrogen-bond donors (Lipinski definition) is 2. The van der Waals surface area contributed by atoms with Gasteiger partial charge in [-0.15, -0.1) is 0 Å². The van der Waals surface area contributed by atoms with Crippen LogP contribution in [0.2, 0.25) is 0 Å². The van der Waals surface area contributed by atoms with Crippen LogP contribution in [0.1, 0.15) is 25.3 Å². The third-order valence-electron chi connectivity index (χ3n) is 2.93. The van der Waals surface area contributed by atoms with Crippen molar-refractivity contribution in [2.75, 3.05) is 0 Å². The van der Waals surface area contributed by atoms with Crippen LogP contribution in [-0.2, 0) is 6.54 Å². The van der Waals surface area contributed by atoms with E-state index in [1.807, 2.05) is 18.2 Å². The van der Waals surface area contributed by atoms with Crippen molar-refractivity contribution in [3.05, 3.63) is 36.0 Å². The number of oxime groups is 1. The van der Waals surface area contributed by atoms with Gasteiger partial charge < -0.3 is 15.5 Å². The monoisotopic (exact) mass is 231 g/mol. The first kappa shape index (κ1) is 11.5. The lowest BCUT2D eigenvalue weighted by atomic mass is 10.1. The van der Waals surface area contributed by atoms with Gasteiger partial charge in [-0.2, -0.15) is 0 Å². The molecule has 1 aromatic heterocycles. The van der Waals surface area contributed by atoms with Crippen molar-refractivity contribution in [2.24, 2.45) is 10.9 Å². The number of aromatic nitrogens is 1. The Morgan fingerprint density at radius 1 is 1.41 bits per heavy atom. The summed E-state index contributed by atoms with van der Waals surface area (Å²) in [7, 11) is 0. The second-order valence-electron chi connectivity index (χ2n) is 4.12. The van der Waals surface area contributed by atoms with E-state index in [9.17, 15) is 0 Å². The van der Waals surface area contributed by atoms with Crippen molar-refractivity contribution in [1.29, 1.82) is 0 Å². The molecule has 0 atom stereocenters. The first-order valence-electron chi connectivity index (χ1n) is 5.83. The highest BCUT2D eigenvalue weighted by Crippen LogP contribution is 2.18. The van der Waals surface area contributed by atoms with Gasteiger partial charge in [-0.3, -0.25) is 0 Å². The van der Waals surface area contributed by atoms with Crippen LogP contribution in [0, 0.1) is 0 Å². The number of nitrogens with zero attached hydrogens (tertiary/aromatic N) is 2. The fraction of sp³-hybridized carbons (Fsp3) is 0.308. The van der Waals surface area contributed by atoms with Gasteiger partial charge >= 0.3 is 0 Å². The number of aryl methyl sites for hydroxylation is 1. The molecular weight excluding hydrogens is 214 g/mol. The molecule has 0 saturated heterocycles. The third kappa shape index (κ3) is 2.25. The highest BCUT2D eigenvalue weighted by molar-refractivity contribution is 6.00. The van der Waals surface area contributed by atoms with E-state index >= 15 is 0 Å². The molecule has 0 fully saturated rings. The van der Waals surface area contributed by atoms with Crippen LogP contribution in [0.3, 0.4) is 0 Å². The molecule has 17 heavy (non-hydrogen) atoms. The Kier molecular flexibility index (Phi) is 3.32. The Labute approximate surface area is 100 Å². The normalized spacial score (nSPS) is 12.2. The summed E-state index contributed by atoms with van der Waals surface area (Å²) in [4.78, 5) is 0. The Balaban J connectivity index is 2.43. The number of amidine groups is 1. The predicted octanol–water partition coefficient (Wildman–Crippen LogP) is 2.54. The van der Waals surface area contributed by atoms with E-state index in [2.05, 4.69) is 28.9 Å². The lowest BCUT2D eigenvalue weighted by Gasteiger charge is -2.05. The minimum atomic E-state index is 0.148. The van der Waals surface area contributed by atoms with Gasteiger partial charge in [0.25, 0.3) is 0 Å². The van der Waals surface area contributed by atoms with Crippen molar-refractivity contribution in [3.63, 3.8) is 0 Å². The smallest absolute Gasteiger partial charge is 0.170 e. The summed E-state index contributed by atoms with van der Waals surface area (Å²) in [6.45, 7) is 3.17. The zero-order valence-electron chi connectivity index (χ0n) is 9.93. The quantitative estimate of drug-likeness (QED) is 0.367. The van der Waals surface area contributed by atoms with Gasteiger partial charge in [0, 0.05) is 23.8 Å². The van der Waals surface area contributed by atoms with Gasteiger partial charge in [0.05, 0.1) is 0 Å². The van der Waals surface area contributed by atoms with Crippen molar-refractivity contribution in [1.82, 2.24) is 4.57 Å². The van der Waals surface area contributed by atoms with Gasteiger partial charge in [-0.05, 0) is 23.9 Å². The maximum Gasteiger partial charge on any atom is 0.170 e. The summed E-state index contributed by atoms with van der Waals surface area (Å²) in [5.74, 6) is 0.148. The second-order valence-corrected chi connectivity index (χ2v) is 4.12. The van der Waals surface area contributed by atoms with E-state index in [1.54, 1.807) is 0 Å². The molecular formula is C13H17N3O. The summed E-state index contributed by atoms with van der Waals surface area (Å²) in [6.07, 6.45) is 4.40. The molecule has 2 aromatic rings. The predicted molar refractivity (Wildman–Crippen MR) is 69.4 cm³/mol. The van der Waals surface area contributed by atoms with Crippen LogP contribution in [0.4, 0.5) is 0 Å². The number of unbranched alkanes of at least 4 members (excludes halogenated alkanes) is 1. The van der Waals surface area contributed by atoms with Crippen molar-refractivity contribution >= 4 is 16.7 Å². The molecule has 1 aromatic carbocycles. The van der Waals surface area contributed by atoms with E-state index in [4.69, 9.17) is 10.9 Å². The summed E-state index contributed by atoms with van der Waals surface area (Å²) in [6, 6.07) is 7.90. The molecule has 0 amide bonds. The lowest BCUT2D eigenvalue weighted by molar-refractivity contribution is 0.318. The fourth-order valence-corrected chi connectivity index (χ4v) is 1.92. The van der Waals surface area contributed by atoms with Crippen LogP contribution < -0.4 is 5.73 Å². The molecule has 0 radical (unpaired) electrons. The van der Waals surface area contributed by atoms with Crippen molar-refractivity contribution in [3.8, 4) is 0 Å². The molecule has 1 heterocycles. The van der Waals surface area contributed by atoms with Gasteiger partial charge in [0.2, 0.25) is 0 Å². The van der Waals surface area contributed by atoms with Gasteiger partial charge in [0.15, 0.2) is 5.84 Å². The zero-order valence-corrected chi connectivity index (χ0v) is 9.93. The summed E-state index contributed by atoms with van der Waals surface area (Å²) >= 11 is 0. The molecule has 0 aliphatic rings. The van der Waals surface area contributed by atoms with Gasteiger partial charge in [-0.1, -0.05) is 30.6 Å². The van der Waals surface area contributed by atoms with Crippen molar-refractivity contribution in [2.45, 2.75) is 26.3 Å². The third-order valence-corrected chi connectivity index (χ3v) is 2.93. The minimum Gasteiger partial charge on any atom is -0.409 e. The largest absolute Gasteiger partial charge is 0.409 e. The highest BCUT2D eigenvalue weighted by atomic mass is 16.4. The lowest BCUT2D eigenvalue weighted by Crippen LogP contribution is -2.12. The molecule has 0 unspecified atom stereocenters. The molecule has 3 N–H and O–H groups in total. The van der Waals surface area contributed by atoms with E-state index in [-0.39, 0.29) is 5.84 Å². The summed E-state index contributed by atoms with van der Waals surface area (Å²) < 4.78 is 2.20. The number of fused-ring (bicyclic) bond motifs is 1. The molecule has 90 valence electrons. The number of hydrogen-bond acceptors (Lipinski definition) is 2. The van der Waals surface area contributed by atoms with E-state index in [0.717, 1.165) is 24.0 Å². The van der Waals surface area contributed by atoms with Crippen molar-refractivity contribution < 1.29 is 5.21 Å². The van der Waals surface area contributed by atoms with Crippen LogP contribution in [0.15, 0.2) is 35.6 Å². The molecule has 0 saturated carbocycles. The average molecular weight is 231 g/mol. The standard InChI is InChI=1S/C13H17N3O/c1-2-3-7-16-8-6-10-4-5-11(9-12(10)16)13(14)15-17/h4-6,8-9,17H,2-3,7H2,1H3,(H2,14,15). The number of rotatable bonds is 4. The molecule has 0 bridgehead atoms. The molecule has 0 aliphatic carbocycles. The summed E-state index contributed by atoms with van der Waals surface area (Å²) in [5, 5.41) is 12.9. The van der Waals surface area contributed by atoms with Crippen LogP contribution >= 0.6 is 0 Å². The molecule has 0 aliphatic heterocycles. The van der Waals surface area contributed by atoms with E-state index in [0.29, 0.717) is 0 Å². The Morgan fingerprint density at radius 3 is 2.94 bits per heavy atom. The second kappa shape index (κ2) is 4.91. The molecule has 4 nitrogen and oxygen atoms in total. The highest BCUT2D eigenvalue weighted by Gasteiger charge is 2.04. The van der Waals surface area contributed by atoms with Gasteiger partial charge in [0.1, 0.15) is 0 Å². The summed E-state index contributed by atoms with van der Waals surface area (Å²) in [5.41, 5.74) is 7.47. The fourth-order valence-electron chi connectivity index (χ4n) is 1.92. The Bertz CT molecular complexity index is 543. The average Bonchev–Trinajstić information content (AvgIpc) is 2.77. The van der Waals surface area contributed by atoms with Crippen LogP contribution in [0.25, 0.3) is 10.9 Å². The zero-order chi connectivity index (χ0) is 12.3. The number of benzene rings is 1. The molecule has 0 spiro atoms. The van der Waals surface area contributed by atoms with Gasteiger partial charge in [-0.25, -0.2) is 0 Å². The van der Waals surface area contributed by atoms with E-state index in [1.165, 1.54) is 11.8 Å². The SMILES string of the molecule is CCCCn1ccc2ccc(/C(N)=N/O)cc21. The number of nitrogens with two attached hydrogens (primary N) is 1. The van der Waals surface area contributed by atoms with E-state index < -0.39 is 0 Å². The Hall–Kier alpha value is -1.97. The van der Waals surface area contributed by atoms with Crippen LogP contribution in [0.5, 0.6) is 0 Å². The first-order valence-corrected chi connectivity index (χ1v) is 5.83. The molecule has 4 heteroatoms. The minimum absolute atomic E-state index is 0.148. The molecule has 2 rings (SSSR count). The first-order chi connectivity index (χ1) is 8.26. The maximum atomic E-state index is 8.68.